The van der Waals surface area contributed by atoms with E-state index in [2.05, 4.69) is 15.2 Å². The molecule has 2 aromatic heterocycles. The molecule has 0 saturated carbocycles. The Labute approximate surface area is 237 Å². The van der Waals surface area contributed by atoms with E-state index >= 15 is 0 Å². The molecule has 0 spiro atoms. The molecule has 1 N–H and O–H groups in total. The van der Waals surface area contributed by atoms with Crippen molar-refractivity contribution in [1.82, 2.24) is 24.7 Å². The second-order valence-corrected chi connectivity index (χ2v) is 8.56. The second kappa shape index (κ2) is 11.6. The van der Waals surface area contributed by atoms with Crippen LogP contribution in [0.25, 0.3) is 5.82 Å². The van der Waals surface area contributed by atoms with E-state index < -0.39 is 35.6 Å². The summed E-state index contributed by atoms with van der Waals surface area (Å²) < 4.78 is 48.9. The van der Waals surface area contributed by atoms with Crippen LogP contribution in [0.4, 0.5) is 18.0 Å². The van der Waals surface area contributed by atoms with Gasteiger partial charge in [0, 0.05) is 24.8 Å². The summed E-state index contributed by atoms with van der Waals surface area (Å²) in [5.41, 5.74) is 1.58. The Balaban J connectivity index is 0.00000200. The first-order valence-corrected chi connectivity index (χ1v) is 11.1. The van der Waals surface area contributed by atoms with Gasteiger partial charge >= 0.3 is 35.6 Å². The number of hydrazone groups is 1. The maximum Gasteiger partial charge on any atom is 1.00 e. The zero-order valence-corrected chi connectivity index (χ0v) is 22.7. The van der Waals surface area contributed by atoms with E-state index in [4.69, 9.17) is 4.74 Å². The first-order chi connectivity index (χ1) is 17.2. The summed E-state index contributed by atoms with van der Waals surface area (Å²) in [6.07, 6.45) is 4.17. The van der Waals surface area contributed by atoms with Crippen LogP contribution in [0.3, 0.4) is 0 Å². The Kier molecular flexibility index (Phi) is 8.97. The molecule has 0 radical (unpaired) electrons. The van der Waals surface area contributed by atoms with Crippen molar-refractivity contribution < 1.29 is 62.5 Å². The van der Waals surface area contributed by atoms with E-state index in [-0.39, 0.29) is 59.7 Å². The van der Waals surface area contributed by atoms with Crippen molar-refractivity contribution in [3.63, 3.8) is 0 Å². The van der Waals surface area contributed by atoms with E-state index in [9.17, 15) is 22.8 Å². The molecule has 14 heteroatoms. The largest absolute Gasteiger partial charge is 1.00 e. The predicted molar refractivity (Wildman–Crippen MR) is 123 cm³/mol. The van der Waals surface area contributed by atoms with Gasteiger partial charge in [0.1, 0.15) is 23.6 Å². The number of likely N-dealkylation sites (tertiary alicyclic amines) is 1. The summed E-state index contributed by atoms with van der Waals surface area (Å²) in [5.74, 6) is -1.97. The molecule has 2 amide bonds. The normalized spacial score (nSPS) is 16.5. The molecule has 2 aliphatic heterocycles. The molecule has 3 aromatic rings. The van der Waals surface area contributed by atoms with Crippen LogP contribution in [0.2, 0.25) is 0 Å². The van der Waals surface area contributed by atoms with Gasteiger partial charge < -0.3 is 19.9 Å². The van der Waals surface area contributed by atoms with Gasteiger partial charge in [-0.15, -0.1) is 5.56 Å². The van der Waals surface area contributed by atoms with E-state index in [0.29, 0.717) is 28.9 Å². The topological polar surface area (TPSA) is 123 Å². The fraction of sp³-hybridized carbons (Fsp3) is 0.292. The Morgan fingerprint density at radius 2 is 1.79 bits per heavy atom. The number of ether oxygens (including phenoxy) is 1. The summed E-state index contributed by atoms with van der Waals surface area (Å²) in [4.78, 5) is 29.6. The van der Waals surface area contributed by atoms with Gasteiger partial charge in [0.2, 0.25) is 0 Å². The number of hydrogen-bond donors (Lipinski definition) is 0. The molecule has 194 valence electrons. The predicted octanol–water partition coefficient (Wildman–Crippen LogP) is 0.202. The standard InChI is InChI=1S/C24H20F3N6O3.Na.H2O/c1-13-19(12-34)14(2)32(30-13)23-8-22(20(27)9-28-23)36-18-10-31(11-18)24(35)33-21(3-4-29-33)15-5-16(25)7-17(26)6-15;;/h4-9,18,21H,3,10-11H2,1-2H3;;1H2/q-1;+1;/p-1/t21-;;/m0../s1. The van der Waals surface area contributed by atoms with Gasteiger partial charge in [0.25, 0.3) is 0 Å². The average Bonchev–Trinajstić information content (AvgIpc) is 3.40. The Morgan fingerprint density at radius 3 is 2.42 bits per heavy atom. The van der Waals surface area contributed by atoms with Crippen LogP contribution >= 0.6 is 0 Å². The number of nitrogens with zero attached hydrogens (tertiary/aromatic N) is 6. The third-order valence-electron chi connectivity index (χ3n) is 6.12. The number of hydrogen-bond acceptors (Lipinski definition) is 7. The van der Waals surface area contributed by atoms with Crippen molar-refractivity contribution in [3.8, 4) is 11.6 Å². The van der Waals surface area contributed by atoms with E-state index in [1.807, 2.05) is 6.29 Å². The zero-order chi connectivity index (χ0) is 25.6. The molecular weight excluding hydrogens is 516 g/mol. The Hall–Kier alpha value is -3.26. The quantitative estimate of drug-likeness (QED) is 0.339. The van der Waals surface area contributed by atoms with Crippen LogP contribution in [0, 0.1) is 31.3 Å². The smallest absolute Gasteiger partial charge is 0.870 e. The molecule has 1 aromatic carbocycles. The molecule has 5 rings (SSSR count). The summed E-state index contributed by atoms with van der Waals surface area (Å²) in [7, 11) is 0. The maximum absolute atomic E-state index is 14.4. The number of amides is 2. The summed E-state index contributed by atoms with van der Waals surface area (Å²) >= 11 is 0. The number of aromatic nitrogens is 3. The van der Waals surface area contributed by atoms with Crippen LogP contribution in [0.5, 0.6) is 5.75 Å². The molecule has 4 heterocycles. The van der Waals surface area contributed by atoms with E-state index in [1.54, 1.807) is 13.8 Å². The number of carbonyl (C=O) groups excluding carboxylic acids is 2. The van der Waals surface area contributed by atoms with Gasteiger partial charge in [-0.05, 0) is 23.4 Å². The molecule has 1 saturated heterocycles. The van der Waals surface area contributed by atoms with Crippen LogP contribution in [0.1, 0.15) is 35.0 Å². The first-order valence-electron chi connectivity index (χ1n) is 11.1. The summed E-state index contributed by atoms with van der Waals surface area (Å²) in [6, 6.07) is 3.40. The van der Waals surface area contributed by atoms with Gasteiger partial charge in [0.15, 0.2) is 11.6 Å². The summed E-state index contributed by atoms with van der Waals surface area (Å²) in [6.45, 7) is 3.66. The SMILES string of the molecule is Cc1nn(-c2cc(OC3CN(C(=O)N4N=CC[C@H]4c4cc(F)cc(F)c4)C3)c(F)cn2)c(C)c1[C-]=O.[Na+].[OH-]. The van der Waals surface area contributed by atoms with Gasteiger partial charge in [-0.1, -0.05) is 19.5 Å². The third-order valence-corrected chi connectivity index (χ3v) is 6.12. The molecule has 0 unspecified atom stereocenters. The number of rotatable bonds is 5. The fourth-order valence-electron chi connectivity index (χ4n) is 4.27. The van der Waals surface area contributed by atoms with Crippen molar-refractivity contribution >= 4 is 18.5 Å². The van der Waals surface area contributed by atoms with Crippen LogP contribution < -0.4 is 34.3 Å². The number of halogens is 3. The average molecular weight is 537 g/mol. The van der Waals surface area contributed by atoms with Crippen LogP contribution in [-0.4, -0.2) is 67.9 Å². The maximum atomic E-state index is 14.4. The Morgan fingerprint density at radius 1 is 1.11 bits per heavy atom. The van der Waals surface area contributed by atoms with Crippen LogP contribution in [0.15, 0.2) is 35.6 Å². The second-order valence-electron chi connectivity index (χ2n) is 8.56. The van der Waals surface area contributed by atoms with Crippen molar-refractivity contribution in [2.45, 2.75) is 32.4 Å². The molecule has 1 fully saturated rings. The van der Waals surface area contributed by atoms with Gasteiger partial charge in [-0.3, -0.25) is 4.68 Å². The van der Waals surface area contributed by atoms with Gasteiger partial charge in [-0.25, -0.2) is 33.1 Å². The molecule has 10 nitrogen and oxygen atoms in total. The number of carbonyl (C=O) groups is 1. The third kappa shape index (κ3) is 5.46. The number of urea groups is 1. The minimum Gasteiger partial charge on any atom is -0.870 e. The van der Waals surface area contributed by atoms with E-state index in [0.717, 1.165) is 12.3 Å². The van der Waals surface area contributed by atoms with Gasteiger partial charge in [-0.2, -0.15) is 5.10 Å². The van der Waals surface area contributed by atoms with E-state index in [1.165, 1.54) is 39.0 Å². The number of pyridine rings is 1. The monoisotopic (exact) mass is 537 g/mol. The molecule has 0 aliphatic carbocycles. The first kappa shape index (κ1) is 29.3. The molecule has 2 aliphatic rings. The number of aryl methyl sites for hydroxylation is 1. The molecular formula is C24H21F3N6NaO4-. The minimum atomic E-state index is -0.735. The minimum absolute atomic E-state index is 0. The Bertz CT molecular complexity index is 1380. The zero-order valence-electron chi connectivity index (χ0n) is 20.7. The molecule has 0 bridgehead atoms. The molecule has 1 atom stereocenters. The van der Waals surface area contributed by atoms with Crippen molar-refractivity contribution in [2.75, 3.05) is 13.1 Å². The van der Waals surface area contributed by atoms with Crippen molar-refractivity contribution in [2.24, 2.45) is 5.10 Å². The van der Waals surface area contributed by atoms with Gasteiger partial charge in [0.05, 0.1) is 31.6 Å². The fourth-order valence-corrected chi connectivity index (χ4v) is 4.27. The van der Waals surface area contributed by atoms with Crippen molar-refractivity contribution in [3.05, 3.63) is 70.4 Å². The number of benzene rings is 1. The summed E-state index contributed by atoms with van der Waals surface area (Å²) in [5, 5.41) is 9.51. The van der Waals surface area contributed by atoms with Crippen molar-refractivity contribution in [1.29, 1.82) is 0 Å². The molecule has 38 heavy (non-hydrogen) atoms. The van der Waals surface area contributed by atoms with Crippen LogP contribution in [-0.2, 0) is 4.79 Å².